The van der Waals surface area contributed by atoms with Crippen molar-refractivity contribution >= 4 is 6.09 Å². The Morgan fingerprint density at radius 1 is 1.19 bits per heavy atom. The molecule has 0 aliphatic carbocycles. The lowest BCUT2D eigenvalue weighted by molar-refractivity contribution is -0.127. The Balaban J connectivity index is 1.92. The minimum Gasteiger partial charge on any atom is -0.444 e. The van der Waals surface area contributed by atoms with Gasteiger partial charge in [0.25, 0.3) is 0 Å². The minimum absolute atomic E-state index is 0.00988. The van der Waals surface area contributed by atoms with E-state index in [-0.39, 0.29) is 24.2 Å². The molecule has 122 valence electrons. The number of fused-ring (bicyclic) bond motifs is 2. The van der Waals surface area contributed by atoms with Crippen LogP contribution in [0.25, 0.3) is 0 Å². The van der Waals surface area contributed by atoms with Crippen LogP contribution in [-0.4, -0.2) is 47.4 Å². The first kappa shape index (κ1) is 16.4. The number of carbonyl (C=O) groups is 1. The average Bonchev–Trinajstić information content (AvgIpc) is 2.55. The van der Waals surface area contributed by atoms with Gasteiger partial charge in [-0.05, 0) is 46.5 Å². The highest BCUT2D eigenvalue weighted by molar-refractivity contribution is 5.69. The number of carbonyl (C=O) groups excluding carboxylic acids is 1. The standard InChI is InChI=1S/C14H23F3N2O2/c1-13(2,3)21-12(20)19-10-4-5-11(19)7-9(6-10)18-8-14(15,16)17/h9-11,18H,4-8H2,1-3H3. The zero-order valence-corrected chi connectivity index (χ0v) is 12.7. The molecule has 0 aromatic heterocycles. The number of ether oxygens (including phenoxy) is 1. The van der Waals surface area contributed by atoms with Crippen LogP contribution in [0.3, 0.4) is 0 Å². The molecule has 0 radical (unpaired) electrons. The predicted octanol–water partition coefficient (Wildman–Crippen LogP) is 3.07. The number of alkyl halides is 3. The van der Waals surface area contributed by atoms with Crippen molar-refractivity contribution in [2.24, 2.45) is 0 Å². The second kappa shape index (κ2) is 5.66. The summed E-state index contributed by atoms with van der Waals surface area (Å²) in [5.41, 5.74) is -0.554. The number of nitrogens with one attached hydrogen (secondary N) is 1. The summed E-state index contributed by atoms with van der Waals surface area (Å²) in [4.78, 5) is 13.9. The molecular formula is C14H23F3N2O2. The minimum atomic E-state index is -4.19. The third-order valence-electron chi connectivity index (χ3n) is 3.93. The largest absolute Gasteiger partial charge is 0.444 e. The van der Waals surface area contributed by atoms with Gasteiger partial charge in [-0.25, -0.2) is 4.79 Å². The highest BCUT2D eigenvalue weighted by Gasteiger charge is 2.45. The van der Waals surface area contributed by atoms with Gasteiger partial charge in [0.05, 0.1) is 6.54 Å². The number of amides is 1. The molecule has 2 atom stereocenters. The zero-order chi connectivity index (χ0) is 15.8. The number of rotatable bonds is 2. The SMILES string of the molecule is CC(C)(C)OC(=O)N1C2CCC1CC(NCC(F)(F)F)C2. The van der Waals surface area contributed by atoms with Crippen molar-refractivity contribution in [3.8, 4) is 0 Å². The molecule has 7 heteroatoms. The lowest BCUT2D eigenvalue weighted by atomic mass is 9.98. The third kappa shape index (κ3) is 4.49. The predicted molar refractivity (Wildman–Crippen MR) is 72.0 cm³/mol. The maximum atomic E-state index is 12.3. The summed E-state index contributed by atoms with van der Waals surface area (Å²) in [6.45, 7) is 4.46. The molecule has 2 rings (SSSR count). The second-order valence-electron chi connectivity index (χ2n) is 6.94. The lowest BCUT2D eigenvalue weighted by Gasteiger charge is -2.39. The van der Waals surface area contributed by atoms with Gasteiger partial charge in [-0.1, -0.05) is 0 Å². The van der Waals surface area contributed by atoms with Crippen LogP contribution in [0.5, 0.6) is 0 Å². The van der Waals surface area contributed by atoms with Gasteiger partial charge in [0, 0.05) is 18.1 Å². The van der Waals surface area contributed by atoms with Crippen LogP contribution < -0.4 is 5.32 Å². The maximum Gasteiger partial charge on any atom is 0.410 e. The van der Waals surface area contributed by atoms with E-state index in [1.54, 1.807) is 4.90 Å². The average molecular weight is 308 g/mol. The molecule has 0 spiro atoms. The Hall–Kier alpha value is -0.980. The van der Waals surface area contributed by atoms with Gasteiger partial charge in [-0.3, -0.25) is 0 Å². The molecule has 0 saturated carbocycles. The Morgan fingerprint density at radius 2 is 1.71 bits per heavy atom. The summed E-state index contributed by atoms with van der Waals surface area (Å²) in [6, 6.07) is -0.198. The lowest BCUT2D eigenvalue weighted by Crippen LogP contribution is -2.53. The molecule has 2 aliphatic heterocycles. The van der Waals surface area contributed by atoms with Crippen LogP contribution in [0.4, 0.5) is 18.0 Å². The van der Waals surface area contributed by atoms with Crippen LogP contribution >= 0.6 is 0 Å². The van der Waals surface area contributed by atoms with E-state index in [1.165, 1.54) is 0 Å². The summed E-state index contributed by atoms with van der Waals surface area (Å²) >= 11 is 0. The van der Waals surface area contributed by atoms with Gasteiger partial charge in [0.1, 0.15) is 5.60 Å². The van der Waals surface area contributed by atoms with Crippen molar-refractivity contribution in [1.29, 1.82) is 0 Å². The van der Waals surface area contributed by atoms with E-state index in [1.807, 2.05) is 20.8 Å². The summed E-state index contributed by atoms with van der Waals surface area (Å²) < 4.78 is 42.2. The van der Waals surface area contributed by atoms with E-state index in [9.17, 15) is 18.0 Å². The van der Waals surface area contributed by atoms with E-state index < -0.39 is 18.3 Å². The first-order valence-corrected chi connectivity index (χ1v) is 7.36. The van der Waals surface area contributed by atoms with Gasteiger partial charge >= 0.3 is 12.3 Å². The molecule has 2 aliphatic rings. The molecule has 21 heavy (non-hydrogen) atoms. The summed E-state index contributed by atoms with van der Waals surface area (Å²) in [7, 11) is 0. The first-order valence-electron chi connectivity index (χ1n) is 7.36. The second-order valence-corrected chi connectivity index (χ2v) is 6.94. The van der Waals surface area contributed by atoms with Crippen LogP contribution in [-0.2, 0) is 4.74 Å². The molecule has 4 nitrogen and oxygen atoms in total. The Morgan fingerprint density at radius 3 is 2.14 bits per heavy atom. The van der Waals surface area contributed by atoms with Crippen molar-refractivity contribution in [3.63, 3.8) is 0 Å². The smallest absolute Gasteiger partial charge is 0.410 e. The summed E-state index contributed by atoms with van der Waals surface area (Å²) in [5.74, 6) is 0. The number of hydrogen-bond acceptors (Lipinski definition) is 3. The number of piperidine rings is 1. The van der Waals surface area contributed by atoms with Crippen LogP contribution in [0, 0.1) is 0 Å². The fourth-order valence-electron chi connectivity index (χ4n) is 3.22. The van der Waals surface area contributed by atoms with Crippen molar-refractivity contribution in [2.75, 3.05) is 6.54 Å². The fourth-order valence-corrected chi connectivity index (χ4v) is 3.22. The van der Waals surface area contributed by atoms with Gasteiger partial charge in [-0.15, -0.1) is 0 Å². The normalized spacial score (nSPS) is 29.6. The van der Waals surface area contributed by atoms with Crippen LogP contribution in [0.2, 0.25) is 0 Å². The molecular weight excluding hydrogens is 285 g/mol. The van der Waals surface area contributed by atoms with Gasteiger partial charge in [0.15, 0.2) is 0 Å². The van der Waals surface area contributed by atoms with E-state index >= 15 is 0 Å². The maximum absolute atomic E-state index is 12.3. The number of nitrogens with zero attached hydrogens (tertiary/aromatic N) is 1. The topological polar surface area (TPSA) is 41.6 Å². The fraction of sp³-hybridized carbons (Fsp3) is 0.929. The van der Waals surface area contributed by atoms with Gasteiger partial charge < -0.3 is 15.0 Å². The summed E-state index contributed by atoms with van der Waals surface area (Å²) in [6.07, 6.45) is -1.73. The van der Waals surface area contributed by atoms with E-state index in [4.69, 9.17) is 4.74 Å². The molecule has 2 heterocycles. The zero-order valence-electron chi connectivity index (χ0n) is 12.7. The van der Waals surface area contributed by atoms with Crippen LogP contribution in [0.1, 0.15) is 46.5 Å². The first-order chi connectivity index (χ1) is 9.55. The Kier molecular flexibility index (Phi) is 4.42. The molecule has 2 saturated heterocycles. The molecule has 0 aromatic rings. The Labute approximate surface area is 123 Å². The van der Waals surface area contributed by atoms with E-state index in [2.05, 4.69) is 5.32 Å². The van der Waals surface area contributed by atoms with E-state index in [0.717, 1.165) is 12.8 Å². The van der Waals surface area contributed by atoms with Gasteiger partial charge in [0.2, 0.25) is 0 Å². The van der Waals surface area contributed by atoms with Crippen molar-refractivity contribution in [1.82, 2.24) is 10.2 Å². The molecule has 2 unspecified atom stereocenters. The molecule has 1 amide bonds. The van der Waals surface area contributed by atoms with E-state index in [0.29, 0.717) is 12.8 Å². The molecule has 0 aromatic carbocycles. The Bertz CT molecular complexity index is 379. The highest BCUT2D eigenvalue weighted by atomic mass is 19.4. The highest BCUT2D eigenvalue weighted by Crippen LogP contribution is 2.37. The molecule has 1 N–H and O–H groups in total. The van der Waals surface area contributed by atoms with Crippen molar-refractivity contribution in [3.05, 3.63) is 0 Å². The quantitative estimate of drug-likeness (QED) is 0.852. The van der Waals surface area contributed by atoms with Crippen molar-refractivity contribution < 1.29 is 22.7 Å². The summed E-state index contributed by atoms with van der Waals surface area (Å²) in [5, 5.41) is 2.57. The van der Waals surface area contributed by atoms with Crippen LogP contribution in [0.15, 0.2) is 0 Å². The van der Waals surface area contributed by atoms with Crippen molar-refractivity contribution in [2.45, 2.75) is 76.4 Å². The molecule has 2 fully saturated rings. The third-order valence-corrected chi connectivity index (χ3v) is 3.93. The monoisotopic (exact) mass is 308 g/mol. The van der Waals surface area contributed by atoms with Gasteiger partial charge in [-0.2, -0.15) is 13.2 Å². The molecule has 2 bridgehead atoms. The number of halogens is 3. The number of hydrogen-bond donors (Lipinski definition) is 1.